The number of nitrogens with one attached hydrogen (secondary N) is 2. The maximum absolute atomic E-state index is 13.9. The van der Waals surface area contributed by atoms with E-state index in [4.69, 9.17) is 14.6 Å². The topological polar surface area (TPSA) is 134 Å². The number of anilines is 3. The highest BCUT2D eigenvalue weighted by Gasteiger charge is 2.19. The molecule has 0 saturated carbocycles. The molecule has 1 saturated heterocycles. The first kappa shape index (κ1) is 30.3. The summed E-state index contributed by atoms with van der Waals surface area (Å²) in [4.78, 5) is 18.8. The van der Waals surface area contributed by atoms with Crippen LogP contribution in [0.4, 0.5) is 26.0 Å². The van der Waals surface area contributed by atoms with Gasteiger partial charge >= 0.3 is 0 Å². The van der Waals surface area contributed by atoms with Gasteiger partial charge in [0.15, 0.2) is 0 Å². The molecule has 2 heterocycles. The number of carboxylic acid groups (broad SMARTS) is 1. The molecule has 4 aromatic rings. The van der Waals surface area contributed by atoms with Crippen LogP contribution in [0.15, 0.2) is 84.0 Å². The number of likely N-dealkylation sites (tertiary alicyclic amines) is 1. The largest absolute Gasteiger partial charge is 0.492 e. The number of sulfonamides is 1. The zero-order valence-corrected chi connectivity index (χ0v) is 23.2. The van der Waals surface area contributed by atoms with E-state index in [1.54, 1.807) is 18.2 Å². The molecule has 0 amide bonds. The summed E-state index contributed by atoms with van der Waals surface area (Å²) < 4.78 is 60.2. The summed E-state index contributed by atoms with van der Waals surface area (Å²) in [6.45, 7) is 3.63. The summed E-state index contributed by atoms with van der Waals surface area (Å²) in [6.07, 6.45) is 3.98. The lowest BCUT2D eigenvalue weighted by Gasteiger charge is -2.15. The highest BCUT2D eigenvalue weighted by atomic mass is 32.2. The van der Waals surface area contributed by atoms with Crippen LogP contribution in [0.25, 0.3) is 11.3 Å². The van der Waals surface area contributed by atoms with Crippen molar-refractivity contribution in [2.75, 3.05) is 36.3 Å². The monoisotopic (exact) mass is 597 g/mol. The van der Waals surface area contributed by atoms with Gasteiger partial charge in [-0.05, 0) is 86.6 Å². The molecule has 13 heteroatoms. The molecule has 0 radical (unpaired) electrons. The van der Waals surface area contributed by atoms with Gasteiger partial charge < -0.3 is 15.2 Å². The number of ether oxygens (including phenoxy) is 1. The molecule has 0 aliphatic carbocycles. The Morgan fingerprint density at radius 2 is 1.60 bits per heavy atom. The molecule has 42 heavy (non-hydrogen) atoms. The Morgan fingerprint density at radius 3 is 2.26 bits per heavy atom. The summed E-state index contributed by atoms with van der Waals surface area (Å²) >= 11 is 0. The van der Waals surface area contributed by atoms with Gasteiger partial charge in [0, 0.05) is 35.6 Å². The van der Waals surface area contributed by atoms with Gasteiger partial charge in [-0.3, -0.25) is 14.4 Å². The fourth-order valence-corrected chi connectivity index (χ4v) is 5.40. The normalized spacial score (nSPS) is 13.1. The first-order valence-corrected chi connectivity index (χ1v) is 14.5. The van der Waals surface area contributed by atoms with Crippen molar-refractivity contribution in [3.63, 3.8) is 0 Å². The van der Waals surface area contributed by atoms with Gasteiger partial charge in [-0.2, -0.15) is 0 Å². The lowest BCUT2D eigenvalue weighted by molar-refractivity contribution is -0.122. The number of hydrogen-bond acceptors (Lipinski definition) is 8. The standard InChI is InChI=1S/C28H27F2N5O3S.CH2O2/c29-21-5-12-27(25(30)17-21)39(36,37)34-23-8-6-22(7-9-23)33-28-18-26(31-19-32-28)20-3-10-24(11-4-20)38-16-15-35-13-1-2-14-35;2-1-3/h3-12,17-19,34H,1-2,13-16H2,(H,31,32,33);1H,(H,2,3). The van der Waals surface area contributed by atoms with Crippen LogP contribution in [0.1, 0.15) is 12.8 Å². The SMILES string of the molecule is O=CO.O=S(=O)(Nc1ccc(Nc2cc(-c3ccc(OCCN4CCCC4)cc3)ncn2)cc1)c1ccc(F)cc1F. The van der Waals surface area contributed by atoms with E-state index in [1.807, 2.05) is 24.3 Å². The summed E-state index contributed by atoms with van der Waals surface area (Å²) in [7, 11) is -4.23. The van der Waals surface area contributed by atoms with Crippen molar-refractivity contribution < 1.29 is 31.8 Å². The average molecular weight is 598 g/mol. The summed E-state index contributed by atoms with van der Waals surface area (Å²) in [5.74, 6) is -0.667. The molecule has 0 spiro atoms. The molecular weight excluding hydrogens is 568 g/mol. The number of carbonyl (C=O) groups is 1. The van der Waals surface area contributed by atoms with Crippen molar-refractivity contribution in [3.8, 4) is 17.0 Å². The first-order valence-electron chi connectivity index (χ1n) is 13.0. The fraction of sp³-hybridized carbons (Fsp3) is 0.207. The zero-order valence-electron chi connectivity index (χ0n) is 22.4. The number of rotatable bonds is 10. The van der Waals surface area contributed by atoms with Crippen LogP contribution in [0, 0.1) is 11.6 Å². The fourth-order valence-electron chi connectivity index (χ4n) is 4.28. The number of hydrogen-bond donors (Lipinski definition) is 3. The van der Waals surface area contributed by atoms with Gasteiger partial charge in [-0.1, -0.05) is 0 Å². The summed E-state index contributed by atoms with van der Waals surface area (Å²) in [5, 5.41) is 10.0. The molecule has 3 aromatic carbocycles. The predicted molar refractivity (Wildman–Crippen MR) is 154 cm³/mol. The zero-order chi connectivity index (χ0) is 30.0. The average Bonchev–Trinajstić information content (AvgIpc) is 3.48. The maximum Gasteiger partial charge on any atom is 0.290 e. The molecule has 10 nitrogen and oxygen atoms in total. The van der Waals surface area contributed by atoms with E-state index < -0.39 is 26.6 Å². The second-order valence-corrected chi connectivity index (χ2v) is 10.8. The minimum atomic E-state index is -4.23. The molecular formula is C29H29F2N5O5S. The van der Waals surface area contributed by atoms with Crippen molar-refractivity contribution in [3.05, 3.63) is 90.8 Å². The van der Waals surface area contributed by atoms with Crippen molar-refractivity contribution in [1.29, 1.82) is 0 Å². The lowest BCUT2D eigenvalue weighted by Crippen LogP contribution is -2.25. The van der Waals surface area contributed by atoms with E-state index >= 15 is 0 Å². The van der Waals surface area contributed by atoms with Gasteiger partial charge in [0.1, 0.15) is 41.0 Å². The molecule has 1 fully saturated rings. The predicted octanol–water partition coefficient (Wildman–Crippen LogP) is 5.14. The van der Waals surface area contributed by atoms with E-state index in [1.165, 1.54) is 31.3 Å². The van der Waals surface area contributed by atoms with Crippen LogP contribution >= 0.6 is 0 Å². The Morgan fingerprint density at radius 1 is 0.929 bits per heavy atom. The minimum Gasteiger partial charge on any atom is -0.492 e. The highest BCUT2D eigenvalue weighted by molar-refractivity contribution is 7.92. The van der Waals surface area contributed by atoms with Crippen LogP contribution in [-0.4, -0.2) is 61.1 Å². The second-order valence-electron chi connectivity index (χ2n) is 9.20. The summed E-state index contributed by atoms with van der Waals surface area (Å²) in [6, 6.07) is 18.2. The molecule has 3 N–H and O–H groups in total. The summed E-state index contributed by atoms with van der Waals surface area (Å²) in [5.41, 5.74) is 2.50. The number of halogens is 2. The van der Waals surface area contributed by atoms with Crippen LogP contribution in [0.5, 0.6) is 5.75 Å². The Balaban J connectivity index is 0.00000129. The number of aromatic nitrogens is 2. The number of benzene rings is 3. The van der Waals surface area contributed by atoms with Crippen LogP contribution < -0.4 is 14.8 Å². The van der Waals surface area contributed by atoms with Gasteiger partial charge in [-0.25, -0.2) is 27.2 Å². The molecule has 1 aliphatic heterocycles. The number of nitrogens with zero attached hydrogens (tertiary/aromatic N) is 3. The van der Waals surface area contributed by atoms with Gasteiger partial charge in [0.25, 0.3) is 16.5 Å². The minimum absolute atomic E-state index is 0.218. The van der Waals surface area contributed by atoms with E-state index in [-0.39, 0.29) is 12.2 Å². The van der Waals surface area contributed by atoms with Gasteiger partial charge in [0.05, 0.1) is 5.69 Å². The maximum atomic E-state index is 13.9. The van der Waals surface area contributed by atoms with Gasteiger partial charge in [0.2, 0.25) is 0 Å². The third-order valence-corrected chi connectivity index (χ3v) is 7.70. The third kappa shape index (κ3) is 8.44. The van der Waals surface area contributed by atoms with E-state index in [2.05, 4.69) is 24.9 Å². The van der Waals surface area contributed by atoms with E-state index in [0.29, 0.717) is 24.2 Å². The Kier molecular flexibility index (Phi) is 10.3. The van der Waals surface area contributed by atoms with E-state index in [0.717, 1.165) is 48.8 Å². The second kappa shape index (κ2) is 14.3. The van der Waals surface area contributed by atoms with E-state index in [9.17, 15) is 17.2 Å². The Labute approximate surface area is 242 Å². The molecule has 1 aromatic heterocycles. The molecule has 0 unspecified atom stereocenters. The molecule has 0 bridgehead atoms. The highest BCUT2D eigenvalue weighted by Crippen LogP contribution is 2.25. The molecule has 0 atom stereocenters. The van der Waals surface area contributed by atoms with Crippen molar-refractivity contribution >= 4 is 33.7 Å². The Bertz CT molecular complexity index is 1580. The van der Waals surface area contributed by atoms with Crippen molar-refractivity contribution in [2.45, 2.75) is 17.7 Å². The quantitative estimate of drug-likeness (QED) is 0.213. The van der Waals surface area contributed by atoms with Crippen molar-refractivity contribution in [2.24, 2.45) is 0 Å². The Hall–Kier alpha value is -4.62. The van der Waals surface area contributed by atoms with Crippen molar-refractivity contribution in [1.82, 2.24) is 14.9 Å². The van der Waals surface area contributed by atoms with Crippen LogP contribution in [-0.2, 0) is 14.8 Å². The van der Waals surface area contributed by atoms with Gasteiger partial charge in [-0.15, -0.1) is 0 Å². The molecule has 220 valence electrons. The first-order chi connectivity index (χ1) is 20.3. The molecule has 5 rings (SSSR count). The smallest absolute Gasteiger partial charge is 0.290 e. The lowest BCUT2D eigenvalue weighted by atomic mass is 10.1. The third-order valence-electron chi connectivity index (χ3n) is 6.29. The van der Waals surface area contributed by atoms with Crippen LogP contribution in [0.3, 0.4) is 0 Å². The molecule has 1 aliphatic rings. The van der Waals surface area contributed by atoms with Crippen LogP contribution in [0.2, 0.25) is 0 Å².